The van der Waals surface area contributed by atoms with Crippen molar-refractivity contribution in [3.05, 3.63) is 24.3 Å². The molecule has 1 aromatic carbocycles. The van der Waals surface area contributed by atoms with E-state index in [0.29, 0.717) is 0 Å². The van der Waals surface area contributed by atoms with Gasteiger partial charge in [-0.15, -0.1) is 0 Å². The van der Waals surface area contributed by atoms with Crippen LogP contribution in [0.15, 0.2) is 24.3 Å². The monoisotopic (exact) mass is 261 g/mol. The molecule has 2 aromatic rings. The molecule has 0 amide bonds. The fourth-order valence-electron chi connectivity index (χ4n) is 2.27. The topological polar surface area (TPSA) is 50.1 Å². The van der Waals surface area contributed by atoms with Crippen LogP contribution in [0.2, 0.25) is 0 Å². The number of aromatic nitrogens is 2. The highest BCUT2D eigenvalue weighted by Gasteiger charge is 2.18. The van der Waals surface area contributed by atoms with Gasteiger partial charge in [0.1, 0.15) is 0 Å². The molecular weight excluding hydrogens is 238 g/mol. The third kappa shape index (κ3) is 3.26. The van der Waals surface area contributed by atoms with Crippen LogP contribution in [0.5, 0.6) is 0 Å². The highest BCUT2D eigenvalue weighted by molar-refractivity contribution is 5.78. The lowest BCUT2D eigenvalue weighted by Crippen LogP contribution is -2.24. The number of nitrogens with one attached hydrogen (secondary N) is 1. The lowest BCUT2D eigenvalue weighted by Gasteiger charge is -2.24. The average molecular weight is 261 g/mol. The van der Waals surface area contributed by atoms with Crippen LogP contribution in [0.3, 0.4) is 0 Å². The molecule has 2 rings (SSSR count). The summed E-state index contributed by atoms with van der Waals surface area (Å²) in [6.45, 7) is 5.52. The molecule has 0 saturated heterocycles. The summed E-state index contributed by atoms with van der Waals surface area (Å²) in [5.41, 5.74) is 2.31. The number of hydrogen-bond acceptors (Lipinski definition) is 3. The van der Waals surface area contributed by atoms with Gasteiger partial charge in [0, 0.05) is 20.2 Å². The fraction of sp³-hybridized carbons (Fsp3) is 0.533. The van der Waals surface area contributed by atoms with Crippen molar-refractivity contribution in [3.8, 4) is 0 Å². The number of nitrogens with zero attached hydrogens (tertiary/aromatic N) is 2. The quantitative estimate of drug-likeness (QED) is 0.840. The standard InChI is InChI=1S/C15H23N3O/c1-15(2,9-6-10-19)11-16-14-17-12-7-4-5-8-13(12)18(14)3/h4-5,7-8,19H,6,9-11H2,1-3H3,(H,16,17). The molecule has 0 atom stereocenters. The molecule has 4 heteroatoms. The van der Waals surface area contributed by atoms with Crippen LogP contribution in [-0.2, 0) is 7.05 Å². The number of anilines is 1. The van der Waals surface area contributed by atoms with E-state index in [9.17, 15) is 0 Å². The van der Waals surface area contributed by atoms with Crippen molar-refractivity contribution in [1.29, 1.82) is 0 Å². The van der Waals surface area contributed by atoms with Crippen molar-refractivity contribution in [3.63, 3.8) is 0 Å². The number of aryl methyl sites for hydroxylation is 1. The summed E-state index contributed by atoms with van der Waals surface area (Å²) in [6.07, 6.45) is 1.84. The Labute approximate surface area is 114 Å². The Bertz CT molecular complexity index is 545. The van der Waals surface area contributed by atoms with Crippen LogP contribution in [0.25, 0.3) is 11.0 Å². The van der Waals surface area contributed by atoms with Crippen molar-refractivity contribution in [1.82, 2.24) is 9.55 Å². The van der Waals surface area contributed by atoms with Gasteiger partial charge in [-0.1, -0.05) is 26.0 Å². The van der Waals surface area contributed by atoms with Crippen LogP contribution in [0, 0.1) is 5.41 Å². The molecule has 0 unspecified atom stereocenters. The second-order valence-corrected chi connectivity index (χ2v) is 5.83. The Hall–Kier alpha value is -1.55. The third-order valence-electron chi connectivity index (χ3n) is 3.52. The zero-order chi connectivity index (χ0) is 13.9. The zero-order valence-electron chi connectivity index (χ0n) is 12.0. The number of fused-ring (bicyclic) bond motifs is 1. The molecule has 4 nitrogen and oxygen atoms in total. The van der Waals surface area contributed by atoms with Gasteiger partial charge in [-0.05, 0) is 30.4 Å². The number of aliphatic hydroxyl groups excluding tert-OH is 1. The number of rotatable bonds is 6. The van der Waals surface area contributed by atoms with E-state index in [4.69, 9.17) is 5.11 Å². The minimum atomic E-state index is 0.154. The smallest absolute Gasteiger partial charge is 0.203 e. The number of benzene rings is 1. The predicted molar refractivity (Wildman–Crippen MR) is 79.3 cm³/mol. The third-order valence-corrected chi connectivity index (χ3v) is 3.52. The zero-order valence-corrected chi connectivity index (χ0v) is 12.0. The fourth-order valence-corrected chi connectivity index (χ4v) is 2.27. The molecule has 1 aromatic heterocycles. The van der Waals surface area contributed by atoms with Gasteiger partial charge < -0.3 is 15.0 Å². The molecule has 0 spiro atoms. The highest BCUT2D eigenvalue weighted by atomic mass is 16.2. The molecule has 0 radical (unpaired) electrons. The van der Waals surface area contributed by atoms with Gasteiger partial charge in [-0.25, -0.2) is 4.98 Å². The number of imidazole rings is 1. The minimum Gasteiger partial charge on any atom is -0.396 e. The van der Waals surface area contributed by atoms with E-state index in [1.165, 1.54) is 0 Å². The van der Waals surface area contributed by atoms with Crippen molar-refractivity contribution in [2.75, 3.05) is 18.5 Å². The van der Waals surface area contributed by atoms with Crippen LogP contribution in [0.1, 0.15) is 26.7 Å². The van der Waals surface area contributed by atoms with Gasteiger partial charge in [-0.2, -0.15) is 0 Å². The molecular formula is C15H23N3O. The van der Waals surface area contributed by atoms with Crippen molar-refractivity contribution >= 4 is 17.0 Å². The molecule has 104 valence electrons. The van der Waals surface area contributed by atoms with Gasteiger partial charge in [0.25, 0.3) is 0 Å². The molecule has 0 bridgehead atoms. The molecule has 0 aliphatic carbocycles. The van der Waals surface area contributed by atoms with E-state index < -0.39 is 0 Å². The Morgan fingerprint density at radius 1 is 1.32 bits per heavy atom. The number of aliphatic hydroxyl groups is 1. The van der Waals surface area contributed by atoms with E-state index in [1.807, 2.05) is 25.2 Å². The lowest BCUT2D eigenvalue weighted by atomic mass is 9.88. The average Bonchev–Trinajstić information content (AvgIpc) is 2.72. The van der Waals surface area contributed by atoms with Gasteiger partial charge in [-0.3, -0.25) is 0 Å². The minimum absolute atomic E-state index is 0.154. The summed E-state index contributed by atoms with van der Waals surface area (Å²) in [4.78, 5) is 4.60. The maximum absolute atomic E-state index is 8.92. The Balaban J connectivity index is 2.07. The van der Waals surface area contributed by atoms with Crippen LogP contribution in [0.4, 0.5) is 5.95 Å². The summed E-state index contributed by atoms with van der Waals surface area (Å²) in [7, 11) is 2.03. The second-order valence-electron chi connectivity index (χ2n) is 5.83. The van der Waals surface area contributed by atoms with E-state index in [2.05, 4.69) is 34.8 Å². The highest BCUT2D eigenvalue weighted by Crippen LogP contribution is 2.24. The summed E-state index contributed by atoms with van der Waals surface area (Å²) in [6, 6.07) is 8.13. The van der Waals surface area contributed by atoms with Crippen molar-refractivity contribution in [2.45, 2.75) is 26.7 Å². The van der Waals surface area contributed by atoms with E-state index >= 15 is 0 Å². The summed E-state index contributed by atoms with van der Waals surface area (Å²) < 4.78 is 2.08. The molecule has 0 fully saturated rings. The molecule has 0 saturated carbocycles. The first-order valence-corrected chi connectivity index (χ1v) is 6.80. The van der Waals surface area contributed by atoms with Gasteiger partial charge in [0.15, 0.2) is 0 Å². The van der Waals surface area contributed by atoms with Gasteiger partial charge in [0.05, 0.1) is 11.0 Å². The maximum atomic E-state index is 8.92. The van der Waals surface area contributed by atoms with E-state index in [0.717, 1.165) is 36.4 Å². The second kappa shape index (κ2) is 5.61. The SMILES string of the molecule is Cn1c(NCC(C)(C)CCCO)nc2ccccc21. The largest absolute Gasteiger partial charge is 0.396 e. The molecule has 19 heavy (non-hydrogen) atoms. The summed E-state index contributed by atoms with van der Waals surface area (Å²) >= 11 is 0. The number of hydrogen-bond donors (Lipinski definition) is 2. The molecule has 0 aliphatic heterocycles. The van der Waals surface area contributed by atoms with E-state index in [1.54, 1.807) is 0 Å². The molecule has 2 N–H and O–H groups in total. The van der Waals surface area contributed by atoms with Gasteiger partial charge in [0.2, 0.25) is 5.95 Å². The maximum Gasteiger partial charge on any atom is 0.203 e. The normalized spacial score (nSPS) is 12.0. The summed E-state index contributed by atoms with van der Waals surface area (Å²) in [5, 5.41) is 12.3. The van der Waals surface area contributed by atoms with Gasteiger partial charge >= 0.3 is 0 Å². The Morgan fingerprint density at radius 3 is 2.74 bits per heavy atom. The van der Waals surface area contributed by atoms with Crippen LogP contribution >= 0.6 is 0 Å². The first kappa shape index (κ1) is 13.9. The Morgan fingerprint density at radius 2 is 2.05 bits per heavy atom. The predicted octanol–water partition coefficient (Wildman–Crippen LogP) is 2.78. The van der Waals surface area contributed by atoms with Crippen molar-refractivity contribution < 1.29 is 5.11 Å². The van der Waals surface area contributed by atoms with E-state index in [-0.39, 0.29) is 12.0 Å². The van der Waals surface area contributed by atoms with Crippen molar-refractivity contribution in [2.24, 2.45) is 12.5 Å². The number of para-hydroxylation sites is 2. The summed E-state index contributed by atoms with van der Waals surface area (Å²) in [5.74, 6) is 0.901. The Kier molecular flexibility index (Phi) is 4.10. The first-order chi connectivity index (χ1) is 9.03. The molecule has 1 heterocycles. The van der Waals surface area contributed by atoms with Crippen LogP contribution in [-0.4, -0.2) is 27.8 Å². The first-order valence-electron chi connectivity index (χ1n) is 6.80. The lowest BCUT2D eigenvalue weighted by molar-refractivity contribution is 0.247. The van der Waals surface area contributed by atoms with Crippen LogP contribution < -0.4 is 5.32 Å². The molecule has 0 aliphatic rings.